The first-order valence-electron chi connectivity index (χ1n) is 4.18. The first-order valence-corrected chi connectivity index (χ1v) is 5.06. The second kappa shape index (κ2) is 3.85. The van der Waals surface area contributed by atoms with Gasteiger partial charge in [-0.2, -0.15) is 0 Å². The molecule has 4 nitrogen and oxygen atoms in total. The fourth-order valence-corrected chi connectivity index (χ4v) is 1.79. The van der Waals surface area contributed by atoms with Gasteiger partial charge in [0.25, 0.3) is 5.91 Å². The van der Waals surface area contributed by atoms with Crippen molar-refractivity contribution in [2.24, 2.45) is 0 Å². The minimum atomic E-state index is -0.274. The van der Waals surface area contributed by atoms with E-state index in [0.717, 1.165) is 12.8 Å². The third kappa shape index (κ3) is 2.05. The van der Waals surface area contributed by atoms with Crippen molar-refractivity contribution < 1.29 is 9.53 Å². The molecule has 1 aliphatic rings. The maximum absolute atomic E-state index is 11.4. The van der Waals surface area contributed by atoms with Crippen molar-refractivity contribution in [2.45, 2.75) is 18.9 Å². The van der Waals surface area contributed by atoms with Gasteiger partial charge in [0.2, 0.25) is 0 Å². The molecule has 0 saturated carbocycles. The first-order chi connectivity index (χ1) is 6.36. The number of anilines is 1. The summed E-state index contributed by atoms with van der Waals surface area (Å²) in [6, 6.07) is 0. The number of ether oxygens (including phenoxy) is 1. The van der Waals surface area contributed by atoms with E-state index >= 15 is 0 Å². The van der Waals surface area contributed by atoms with Crippen molar-refractivity contribution in [1.29, 1.82) is 0 Å². The second-order valence-corrected chi connectivity index (χ2v) is 3.72. The molecule has 1 fully saturated rings. The Bertz CT molecular complexity index is 280. The van der Waals surface area contributed by atoms with Gasteiger partial charge in [-0.15, -0.1) is 11.3 Å². The molecule has 0 bridgehead atoms. The zero-order valence-corrected chi connectivity index (χ0v) is 7.84. The minimum Gasteiger partial charge on any atom is -0.368 e. The van der Waals surface area contributed by atoms with E-state index in [-0.39, 0.29) is 12.0 Å². The van der Waals surface area contributed by atoms with Crippen LogP contribution in [0.1, 0.15) is 12.8 Å². The predicted molar refractivity (Wildman–Crippen MR) is 49.7 cm³/mol. The molecule has 1 aromatic heterocycles. The average Bonchev–Trinajstić information content (AvgIpc) is 2.74. The number of thiazole rings is 1. The molecule has 1 atom stereocenters. The SMILES string of the molecule is O=C(Nc1nccs1)C1CCCO1. The number of hydrogen-bond acceptors (Lipinski definition) is 4. The van der Waals surface area contributed by atoms with Crippen molar-refractivity contribution in [3.8, 4) is 0 Å². The smallest absolute Gasteiger partial charge is 0.255 e. The van der Waals surface area contributed by atoms with Gasteiger partial charge < -0.3 is 4.74 Å². The molecular weight excluding hydrogens is 188 g/mol. The van der Waals surface area contributed by atoms with Crippen LogP contribution in [-0.2, 0) is 9.53 Å². The van der Waals surface area contributed by atoms with Crippen LogP contribution in [0.4, 0.5) is 5.13 Å². The molecular formula is C8H10N2O2S. The van der Waals surface area contributed by atoms with Crippen LogP contribution in [0.5, 0.6) is 0 Å². The first kappa shape index (κ1) is 8.65. The Morgan fingerprint density at radius 3 is 3.31 bits per heavy atom. The van der Waals surface area contributed by atoms with E-state index in [0.29, 0.717) is 11.7 Å². The highest BCUT2D eigenvalue weighted by molar-refractivity contribution is 7.13. The van der Waals surface area contributed by atoms with Gasteiger partial charge >= 0.3 is 0 Å². The van der Waals surface area contributed by atoms with Crippen LogP contribution in [0.15, 0.2) is 11.6 Å². The van der Waals surface area contributed by atoms with Crippen molar-refractivity contribution in [3.63, 3.8) is 0 Å². The minimum absolute atomic E-state index is 0.0764. The summed E-state index contributed by atoms with van der Waals surface area (Å²) >= 11 is 1.41. The molecule has 1 aromatic rings. The summed E-state index contributed by atoms with van der Waals surface area (Å²) in [4.78, 5) is 15.4. The van der Waals surface area contributed by atoms with Crippen LogP contribution in [0, 0.1) is 0 Å². The molecule has 0 radical (unpaired) electrons. The molecule has 1 unspecified atom stereocenters. The molecule has 5 heteroatoms. The van der Waals surface area contributed by atoms with Crippen LogP contribution >= 0.6 is 11.3 Å². The van der Waals surface area contributed by atoms with E-state index in [1.165, 1.54) is 11.3 Å². The molecule has 2 heterocycles. The van der Waals surface area contributed by atoms with Crippen LogP contribution in [-0.4, -0.2) is 23.6 Å². The summed E-state index contributed by atoms with van der Waals surface area (Å²) in [5.74, 6) is -0.0764. The Balaban J connectivity index is 1.91. The van der Waals surface area contributed by atoms with Gasteiger partial charge in [-0.1, -0.05) is 0 Å². The molecule has 0 spiro atoms. The topological polar surface area (TPSA) is 51.2 Å². The molecule has 1 saturated heterocycles. The highest BCUT2D eigenvalue weighted by Gasteiger charge is 2.23. The number of nitrogens with one attached hydrogen (secondary N) is 1. The Morgan fingerprint density at radius 2 is 2.69 bits per heavy atom. The average molecular weight is 198 g/mol. The standard InChI is InChI=1S/C8H10N2O2S/c11-7(6-2-1-4-12-6)10-8-9-3-5-13-8/h3,5-6H,1-2,4H2,(H,9,10,11). The van der Waals surface area contributed by atoms with Crippen molar-refractivity contribution in [2.75, 3.05) is 11.9 Å². The second-order valence-electron chi connectivity index (χ2n) is 2.83. The lowest BCUT2D eigenvalue weighted by Gasteiger charge is -2.07. The summed E-state index contributed by atoms with van der Waals surface area (Å²) in [5, 5.41) is 5.17. The maximum Gasteiger partial charge on any atom is 0.255 e. The van der Waals surface area contributed by atoms with Crippen molar-refractivity contribution >= 4 is 22.4 Å². The number of carbonyl (C=O) groups excluding carboxylic acids is 1. The summed E-state index contributed by atoms with van der Waals surface area (Å²) in [5.41, 5.74) is 0. The van der Waals surface area contributed by atoms with Gasteiger partial charge in [-0.05, 0) is 12.8 Å². The lowest BCUT2D eigenvalue weighted by molar-refractivity contribution is -0.124. The highest BCUT2D eigenvalue weighted by atomic mass is 32.1. The Labute approximate surface area is 79.9 Å². The van der Waals surface area contributed by atoms with Crippen molar-refractivity contribution in [3.05, 3.63) is 11.6 Å². The molecule has 1 N–H and O–H groups in total. The third-order valence-electron chi connectivity index (χ3n) is 1.88. The largest absolute Gasteiger partial charge is 0.368 e. The Kier molecular flexibility index (Phi) is 2.56. The number of nitrogens with zero attached hydrogens (tertiary/aromatic N) is 1. The van der Waals surface area contributed by atoms with Crippen molar-refractivity contribution in [1.82, 2.24) is 4.98 Å². The lowest BCUT2D eigenvalue weighted by Crippen LogP contribution is -2.26. The normalized spacial score (nSPS) is 21.7. The van der Waals surface area contributed by atoms with Gasteiger partial charge in [0.1, 0.15) is 6.10 Å². The fraction of sp³-hybridized carbons (Fsp3) is 0.500. The monoisotopic (exact) mass is 198 g/mol. The van der Waals surface area contributed by atoms with Gasteiger partial charge in [0.15, 0.2) is 5.13 Å². The van der Waals surface area contributed by atoms with Gasteiger partial charge in [-0.3, -0.25) is 10.1 Å². The molecule has 13 heavy (non-hydrogen) atoms. The number of hydrogen-bond donors (Lipinski definition) is 1. The number of aromatic nitrogens is 1. The molecule has 0 aliphatic carbocycles. The molecule has 2 rings (SSSR count). The molecule has 0 aromatic carbocycles. The van der Waals surface area contributed by atoms with E-state index in [4.69, 9.17) is 4.74 Å². The van der Waals surface area contributed by atoms with E-state index in [1.807, 2.05) is 5.38 Å². The maximum atomic E-state index is 11.4. The van der Waals surface area contributed by atoms with E-state index in [9.17, 15) is 4.79 Å². The summed E-state index contributed by atoms with van der Waals surface area (Å²) in [6.45, 7) is 0.690. The molecule has 70 valence electrons. The van der Waals surface area contributed by atoms with Gasteiger partial charge in [0.05, 0.1) is 0 Å². The Hall–Kier alpha value is -0.940. The van der Waals surface area contributed by atoms with E-state index in [2.05, 4.69) is 10.3 Å². The van der Waals surface area contributed by atoms with Gasteiger partial charge in [0, 0.05) is 18.2 Å². The summed E-state index contributed by atoms with van der Waals surface area (Å²) < 4.78 is 5.23. The summed E-state index contributed by atoms with van der Waals surface area (Å²) in [6.07, 6.45) is 3.17. The fourth-order valence-electron chi connectivity index (χ4n) is 1.26. The zero-order valence-electron chi connectivity index (χ0n) is 7.03. The molecule has 1 aliphatic heterocycles. The van der Waals surface area contributed by atoms with E-state index in [1.54, 1.807) is 6.20 Å². The quantitative estimate of drug-likeness (QED) is 0.778. The number of rotatable bonds is 2. The summed E-state index contributed by atoms with van der Waals surface area (Å²) in [7, 11) is 0. The van der Waals surface area contributed by atoms with Crippen LogP contribution in [0.2, 0.25) is 0 Å². The van der Waals surface area contributed by atoms with E-state index < -0.39 is 0 Å². The molecule has 1 amide bonds. The van der Waals surface area contributed by atoms with Crippen LogP contribution < -0.4 is 5.32 Å². The van der Waals surface area contributed by atoms with Crippen LogP contribution in [0.3, 0.4) is 0 Å². The zero-order chi connectivity index (χ0) is 9.10. The highest BCUT2D eigenvalue weighted by Crippen LogP contribution is 2.16. The number of amides is 1. The lowest BCUT2D eigenvalue weighted by atomic mass is 10.2. The Morgan fingerprint density at radius 1 is 1.77 bits per heavy atom. The van der Waals surface area contributed by atoms with Crippen LogP contribution in [0.25, 0.3) is 0 Å². The number of carbonyl (C=O) groups is 1. The van der Waals surface area contributed by atoms with Gasteiger partial charge in [-0.25, -0.2) is 4.98 Å². The predicted octanol–water partition coefficient (Wildman–Crippen LogP) is 1.26. The third-order valence-corrected chi connectivity index (χ3v) is 2.57.